The number of aromatic nitrogens is 2. The fraction of sp³-hybridized carbons (Fsp3) is 0.476. The number of halogens is 1. The van der Waals surface area contributed by atoms with Crippen LogP contribution >= 0.6 is 11.6 Å². The van der Waals surface area contributed by atoms with Gasteiger partial charge in [-0.1, -0.05) is 23.7 Å². The van der Waals surface area contributed by atoms with Crippen molar-refractivity contribution in [2.75, 3.05) is 38.1 Å². The highest BCUT2D eigenvalue weighted by atomic mass is 35.5. The highest BCUT2D eigenvalue weighted by Crippen LogP contribution is 2.41. The van der Waals surface area contributed by atoms with E-state index in [-0.39, 0.29) is 17.4 Å². The first-order valence-electron chi connectivity index (χ1n) is 9.90. The van der Waals surface area contributed by atoms with Gasteiger partial charge in [0, 0.05) is 44.0 Å². The van der Waals surface area contributed by atoms with Gasteiger partial charge in [-0.15, -0.1) is 0 Å². The summed E-state index contributed by atoms with van der Waals surface area (Å²) in [7, 11) is 1.67. The summed E-state index contributed by atoms with van der Waals surface area (Å²) in [6, 6.07) is 7.91. The molecule has 154 valence electrons. The summed E-state index contributed by atoms with van der Waals surface area (Å²) in [5, 5.41) is 4.91. The minimum Gasteiger partial charge on any atom is -0.322 e. The van der Waals surface area contributed by atoms with Crippen molar-refractivity contribution in [1.29, 1.82) is 0 Å². The van der Waals surface area contributed by atoms with Crippen LogP contribution in [0.3, 0.4) is 0 Å². The number of likely N-dealkylation sites (tertiary alicyclic amines) is 2. The molecule has 0 bridgehead atoms. The number of hydrogen-bond donors (Lipinski definition) is 0. The van der Waals surface area contributed by atoms with Crippen LogP contribution in [0.2, 0.25) is 5.02 Å². The molecule has 29 heavy (non-hydrogen) atoms. The van der Waals surface area contributed by atoms with Crippen LogP contribution in [0, 0.1) is 5.41 Å². The van der Waals surface area contributed by atoms with E-state index in [0.717, 1.165) is 50.6 Å². The lowest BCUT2D eigenvalue weighted by Gasteiger charge is -2.53. The molecule has 2 aromatic rings. The van der Waals surface area contributed by atoms with Crippen molar-refractivity contribution in [3.63, 3.8) is 0 Å². The van der Waals surface area contributed by atoms with Gasteiger partial charge in [0.2, 0.25) is 5.91 Å². The Morgan fingerprint density at radius 1 is 1.24 bits per heavy atom. The third kappa shape index (κ3) is 4.16. The van der Waals surface area contributed by atoms with Gasteiger partial charge in [0.25, 0.3) is 0 Å². The summed E-state index contributed by atoms with van der Waals surface area (Å²) in [5.74, 6) is -0.0931. The zero-order chi connectivity index (χ0) is 20.6. The maximum atomic E-state index is 12.7. The summed E-state index contributed by atoms with van der Waals surface area (Å²) >= 11 is 6.09. The third-order valence-corrected chi connectivity index (χ3v) is 6.39. The van der Waals surface area contributed by atoms with Crippen molar-refractivity contribution in [1.82, 2.24) is 19.6 Å². The molecule has 2 saturated heterocycles. The zero-order valence-electron chi connectivity index (χ0n) is 16.8. The molecular formula is C21H26ClN5O2. The standard InChI is InChI=1S/C21H26ClN5O2/c1-16(28)24(2)19-11-23-27(13-19)20(29)26-14-21(15-26)6-8-25(9-7-21)12-17-4-3-5-18(22)10-17/h3-5,10-11,13H,6-9,12,14-15H2,1-2H3. The van der Waals surface area contributed by atoms with Crippen molar-refractivity contribution in [3.05, 3.63) is 47.2 Å². The van der Waals surface area contributed by atoms with E-state index in [0.29, 0.717) is 5.69 Å². The van der Waals surface area contributed by atoms with Gasteiger partial charge in [0.15, 0.2) is 0 Å². The van der Waals surface area contributed by atoms with Crippen LogP contribution in [0.5, 0.6) is 0 Å². The number of benzene rings is 1. The zero-order valence-corrected chi connectivity index (χ0v) is 17.6. The Kier molecular flexibility index (Phi) is 5.36. The van der Waals surface area contributed by atoms with Gasteiger partial charge in [0.1, 0.15) is 0 Å². The Bertz CT molecular complexity index is 911. The summed E-state index contributed by atoms with van der Waals surface area (Å²) in [6.45, 7) is 6.01. The topological polar surface area (TPSA) is 61.7 Å². The van der Waals surface area contributed by atoms with E-state index in [1.54, 1.807) is 19.4 Å². The van der Waals surface area contributed by atoms with E-state index in [2.05, 4.69) is 16.1 Å². The predicted octanol–water partition coefficient (Wildman–Crippen LogP) is 3.09. The maximum absolute atomic E-state index is 12.7. The smallest absolute Gasteiger partial charge is 0.322 e. The number of rotatable bonds is 3. The number of piperidine rings is 1. The first-order chi connectivity index (χ1) is 13.8. The largest absolute Gasteiger partial charge is 0.344 e. The van der Waals surface area contributed by atoms with Gasteiger partial charge in [-0.3, -0.25) is 9.69 Å². The molecule has 3 heterocycles. The van der Waals surface area contributed by atoms with Crippen LogP contribution in [-0.2, 0) is 11.3 Å². The van der Waals surface area contributed by atoms with Gasteiger partial charge < -0.3 is 9.80 Å². The lowest BCUT2D eigenvalue weighted by atomic mass is 9.72. The summed E-state index contributed by atoms with van der Waals surface area (Å²) < 4.78 is 1.33. The molecule has 0 aliphatic carbocycles. The summed E-state index contributed by atoms with van der Waals surface area (Å²) in [4.78, 5) is 29.9. The molecule has 2 aliphatic rings. The average molecular weight is 416 g/mol. The normalized spacial score (nSPS) is 18.5. The van der Waals surface area contributed by atoms with Crippen molar-refractivity contribution in [3.8, 4) is 0 Å². The fourth-order valence-corrected chi connectivity index (χ4v) is 4.42. The average Bonchev–Trinajstić information content (AvgIpc) is 3.16. The molecule has 0 saturated carbocycles. The number of carbonyl (C=O) groups is 2. The highest BCUT2D eigenvalue weighted by Gasteiger charge is 2.47. The number of carbonyl (C=O) groups excluding carboxylic acids is 2. The lowest BCUT2D eigenvalue weighted by molar-refractivity contribution is -0.116. The molecule has 2 fully saturated rings. The van der Waals surface area contributed by atoms with Gasteiger partial charge in [-0.05, 0) is 43.6 Å². The SMILES string of the molecule is CC(=O)N(C)c1cnn(C(=O)N2CC3(CCN(Cc4cccc(Cl)c4)CC3)C2)c1. The van der Waals surface area contributed by atoms with Gasteiger partial charge in [-0.25, -0.2) is 4.79 Å². The number of hydrogen-bond acceptors (Lipinski definition) is 4. The van der Waals surface area contributed by atoms with Gasteiger partial charge >= 0.3 is 6.03 Å². The molecule has 4 rings (SSSR count). The molecule has 0 radical (unpaired) electrons. The van der Waals surface area contributed by atoms with E-state index >= 15 is 0 Å². The second-order valence-electron chi connectivity index (χ2n) is 8.27. The van der Waals surface area contributed by atoms with Crippen LogP contribution in [0.15, 0.2) is 36.7 Å². The maximum Gasteiger partial charge on any atom is 0.344 e. The molecule has 1 aromatic heterocycles. The van der Waals surface area contributed by atoms with Crippen LogP contribution in [0.1, 0.15) is 25.3 Å². The Hall–Kier alpha value is -2.38. The van der Waals surface area contributed by atoms with Gasteiger partial charge in [-0.2, -0.15) is 9.78 Å². The highest BCUT2D eigenvalue weighted by molar-refractivity contribution is 6.30. The molecule has 2 aliphatic heterocycles. The molecular weight excluding hydrogens is 390 g/mol. The van der Waals surface area contributed by atoms with E-state index in [1.165, 1.54) is 22.1 Å². The van der Waals surface area contributed by atoms with Crippen LogP contribution in [0.4, 0.5) is 10.5 Å². The second kappa shape index (κ2) is 7.80. The first kappa shape index (κ1) is 19.9. The third-order valence-electron chi connectivity index (χ3n) is 6.16. The minimum absolute atomic E-state index is 0.0931. The Labute approximate surface area is 175 Å². The minimum atomic E-state index is -0.125. The van der Waals surface area contributed by atoms with E-state index in [1.807, 2.05) is 23.1 Å². The van der Waals surface area contributed by atoms with Crippen molar-refractivity contribution < 1.29 is 9.59 Å². The quantitative estimate of drug-likeness (QED) is 0.772. The Morgan fingerprint density at radius 3 is 2.62 bits per heavy atom. The molecule has 0 atom stereocenters. The summed E-state index contributed by atoms with van der Waals surface area (Å²) in [5.41, 5.74) is 2.09. The van der Waals surface area contributed by atoms with Crippen LogP contribution < -0.4 is 4.90 Å². The molecule has 1 aromatic carbocycles. The molecule has 2 amide bonds. The van der Waals surface area contributed by atoms with Crippen LogP contribution in [0.25, 0.3) is 0 Å². The molecule has 1 spiro atoms. The second-order valence-corrected chi connectivity index (χ2v) is 8.70. The van der Waals surface area contributed by atoms with Crippen LogP contribution in [-0.4, -0.2) is 64.7 Å². The number of amides is 2. The first-order valence-corrected chi connectivity index (χ1v) is 10.3. The van der Waals surface area contributed by atoms with E-state index in [4.69, 9.17) is 11.6 Å². The Morgan fingerprint density at radius 2 is 1.97 bits per heavy atom. The number of nitrogens with zero attached hydrogens (tertiary/aromatic N) is 5. The molecule has 0 unspecified atom stereocenters. The van der Waals surface area contributed by atoms with E-state index in [9.17, 15) is 9.59 Å². The van der Waals surface area contributed by atoms with Crippen molar-refractivity contribution in [2.45, 2.75) is 26.3 Å². The monoisotopic (exact) mass is 415 g/mol. The number of anilines is 1. The molecule has 8 heteroatoms. The molecule has 7 nitrogen and oxygen atoms in total. The molecule has 0 N–H and O–H groups in total. The van der Waals surface area contributed by atoms with E-state index < -0.39 is 0 Å². The van der Waals surface area contributed by atoms with Crippen molar-refractivity contribution >= 4 is 29.2 Å². The summed E-state index contributed by atoms with van der Waals surface area (Å²) in [6.07, 6.45) is 5.34. The Balaban J connectivity index is 1.29. The lowest BCUT2D eigenvalue weighted by Crippen LogP contribution is -2.62. The van der Waals surface area contributed by atoms with Crippen molar-refractivity contribution in [2.24, 2.45) is 5.41 Å². The van der Waals surface area contributed by atoms with Gasteiger partial charge in [0.05, 0.1) is 18.1 Å². The predicted molar refractivity (Wildman–Crippen MR) is 112 cm³/mol. The fourth-order valence-electron chi connectivity index (χ4n) is 4.21.